The highest BCUT2D eigenvalue weighted by Gasteiger charge is 2.13. The quantitative estimate of drug-likeness (QED) is 0.386. The van der Waals surface area contributed by atoms with Gasteiger partial charge in [0.2, 0.25) is 0 Å². The first-order chi connectivity index (χ1) is 6.09. The summed E-state index contributed by atoms with van der Waals surface area (Å²) in [5.41, 5.74) is 6.87. The third-order valence-corrected chi connectivity index (χ3v) is 2.24. The van der Waals surface area contributed by atoms with Crippen LogP contribution < -0.4 is 5.73 Å². The smallest absolute Gasteiger partial charge is 0.188 e. The molecule has 0 unspecified atom stereocenters. The Balaban J connectivity index is 2.49. The van der Waals surface area contributed by atoms with Gasteiger partial charge in [-0.05, 0) is 18.8 Å². The number of hydrogen-bond acceptors (Lipinski definition) is 1. The van der Waals surface area contributed by atoms with Crippen LogP contribution in [0.25, 0.3) is 0 Å². The molecule has 0 aromatic carbocycles. The normalized spacial score (nSPS) is 17.5. The van der Waals surface area contributed by atoms with Crippen LogP contribution in [0, 0.1) is 11.3 Å². The molecule has 0 saturated heterocycles. The molecule has 0 atom stereocenters. The van der Waals surface area contributed by atoms with Crippen molar-refractivity contribution in [2.24, 2.45) is 11.7 Å². The van der Waals surface area contributed by atoms with Crippen LogP contribution in [0.15, 0.2) is 11.6 Å². The molecule has 3 heteroatoms. The Kier molecular flexibility index (Phi) is 3.34. The highest BCUT2D eigenvalue weighted by molar-refractivity contribution is 5.75. The van der Waals surface area contributed by atoms with Gasteiger partial charge in [-0.25, -0.2) is 0 Å². The highest BCUT2D eigenvalue weighted by atomic mass is 15.2. The monoisotopic (exact) mass is 181 g/mol. The highest BCUT2D eigenvalue weighted by Crippen LogP contribution is 2.16. The molecule has 0 amide bonds. The molecule has 13 heavy (non-hydrogen) atoms. The van der Waals surface area contributed by atoms with E-state index in [1.165, 1.54) is 5.57 Å². The van der Waals surface area contributed by atoms with Crippen LogP contribution in [0.5, 0.6) is 0 Å². The third-order valence-electron chi connectivity index (χ3n) is 2.24. The molecule has 0 aromatic rings. The van der Waals surface area contributed by atoms with E-state index in [9.17, 15) is 0 Å². The van der Waals surface area contributed by atoms with Gasteiger partial charge < -0.3 is 10.6 Å². The van der Waals surface area contributed by atoms with E-state index in [-0.39, 0.29) is 5.96 Å². The molecule has 0 aliphatic carbocycles. The van der Waals surface area contributed by atoms with Crippen molar-refractivity contribution in [3.63, 3.8) is 0 Å². The fourth-order valence-electron chi connectivity index (χ4n) is 1.69. The van der Waals surface area contributed by atoms with Crippen LogP contribution in [0.1, 0.15) is 26.7 Å². The first-order valence-electron chi connectivity index (χ1n) is 4.86. The van der Waals surface area contributed by atoms with Crippen molar-refractivity contribution in [1.29, 1.82) is 5.41 Å². The zero-order chi connectivity index (χ0) is 9.84. The van der Waals surface area contributed by atoms with Crippen LogP contribution in [0.4, 0.5) is 0 Å². The number of guanidine groups is 1. The summed E-state index contributed by atoms with van der Waals surface area (Å²) in [7, 11) is 0. The Labute approximate surface area is 80.1 Å². The topological polar surface area (TPSA) is 53.1 Å². The van der Waals surface area contributed by atoms with E-state index in [2.05, 4.69) is 19.9 Å². The van der Waals surface area contributed by atoms with Gasteiger partial charge in [0, 0.05) is 13.1 Å². The molecule has 0 radical (unpaired) electrons. The average molecular weight is 181 g/mol. The predicted octanol–water partition coefficient (Wildman–Crippen LogP) is 1.56. The minimum absolute atomic E-state index is 0.203. The fourth-order valence-corrected chi connectivity index (χ4v) is 1.69. The van der Waals surface area contributed by atoms with Gasteiger partial charge in [0.25, 0.3) is 0 Å². The van der Waals surface area contributed by atoms with E-state index in [1.54, 1.807) is 0 Å². The third kappa shape index (κ3) is 3.09. The predicted molar refractivity (Wildman–Crippen MR) is 55.6 cm³/mol. The number of rotatable bonds is 2. The standard InChI is InChI=1S/C10H19N3/c1-8(2)6-9-4-3-5-13(7-9)10(11)12/h4,8H,3,5-7H2,1-2H3,(H3,11,12). The SMILES string of the molecule is CC(C)CC1=CCCN(C(=N)N)C1. The van der Waals surface area contributed by atoms with Gasteiger partial charge >= 0.3 is 0 Å². The first-order valence-corrected chi connectivity index (χ1v) is 4.86. The van der Waals surface area contributed by atoms with Gasteiger partial charge in [0.1, 0.15) is 0 Å². The summed E-state index contributed by atoms with van der Waals surface area (Å²) >= 11 is 0. The molecule has 1 rings (SSSR count). The lowest BCUT2D eigenvalue weighted by atomic mass is 9.99. The first kappa shape index (κ1) is 10.1. The summed E-state index contributed by atoms with van der Waals surface area (Å²) in [6.07, 6.45) is 4.45. The molecular weight excluding hydrogens is 162 g/mol. The molecule has 1 aliphatic heterocycles. The van der Waals surface area contributed by atoms with Gasteiger partial charge in [0.15, 0.2) is 5.96 Å². The molecule has 1 aliphatic rings. The lowest BCUT2D eigenvalue weighted by molar-refractivity contribution is 0.417. The van der Waals surface area contributed by atoms with Gasteiger partial charge in [-0.3, -0.25) is 5.41 Å². The molecule has 0 fully saturated rings. The second-order valence-corrected chi connectivity index (χ2v) is 4.06. The zero-order valence-corrected chi connectivity index (χ0v) is 8.51. The van der Waals surface area contributed by atoms with Crippen LogP contribution in [-0.4, -0.2) is 23.9 Å². The van der Waals surface area contributed by atoms with Crippen molar-refractivity contribution in [3.8, 4) is 0 Å². The van der Waals surface area contributed by atoms with Gasteiger partial charge in [-0.15, -0.1) is 0 Å². The Bertz CT molecular complexity index is 218. The minimum atomic E-state index is 0.203. The zero-order valence-electron chi connectivity index (χ0n) is 8.51. The minimum Gasteiger partial charge on any atom is -0.370 e. The van der Waals surface area contributed by atoms with Gasteiger partial charge in [0.05, 0.1) is 0 Å². The molecule has 1 heterocycles. The van der Waals surface area contributed by atoms with Crippen LogP contribution in [-0.2, 0) is 0 Å². The second kappa shape index (κ2) is 4.30. The molecule has 0 bridgehead atoms. The Morgan fingerprint density at radius 3 is 2.92 bits per heavy atom. The maximum atomic E-state index is 7.34. The molecule has 0 saturated carbocycles. The van der Waals surface area contributed by atoms with E-state index >= 15 is 0 Å². The number of nitrogens with one attached hydrogen (secondary N) is 1. The maximum absolute atomic E-state index is 7.34. The van der Waals surface area contributed by atoms with E-state index < -0.39 is 0 Å². The number of hydrogen-bond donors (Lipinski definition) is 2. The van der Waals surface area contributed by atoms with Gasteiger partial charge in [-0.1, -0.05) is 25.5 Å². The summed E-state index contributed by atoms with van der Waals surface area (Å²) in [5, 5.41) is 7.34. The Hall–Kier alpha value is -0.990. The molecule has 0 spiro atoms. The summed E-state index contributed by atoms with van der Waals surface area (Å²) in [5.74, 6) is 0.896. The molecule has 74 valence electrons. The lowest BCUT2D eigenvalue weighted by Crippen LogP contribution is -2.40. The maximum Gasteiger partial charge on any atom is 0.188 e. The molecular formula is C10H19N3. The van der Waals surface area contributed by atoms with E-state index in [0.29, 0.717) is 5.92 Å². The lowest BCUT2D eigenvalue weighted by Gasteiger charge is -2.28. The van der Waals surface area contributed by atoms with Crippen molar-refractivity contribution >= 4 is 5.96 Å². The second-order valence-electron chi connectivity index (χ2n) is 4.06. The van der Waals surface area contributed by atoms with Crippen molar-refractivity contribution in [1.82, 2.24) is 4.90 Å². The van der Waals surface area contributed by atoms with Crippen molar-refractivity contribution in [2.45, 2.75) is 26.7 Å². The van der Waals surface area contributed by atoms with Crippen molar-refractivity contribution < 1.29 is 0 Å². The van der Waals surface area contributed by atoms with E-state index in [0.717, 1.165) is 25.9 Å². The van der Waals surface area contributed by atoms with Crippen molar-refractivity contribution in [3.05, 3.63) is 11.6 Å². The van der Waals surface area contributed by atoms with Gasteiger partial charge in [-0.2, -0.15) is 0 Å². The van der Waals surface area contributed by atoms with E-state index in [4.69, 9.17) is 11.1 Å². The summed E-state index contributed by atoms with van der Waals surface area (Å²) < 4.78 is 0. The average Bonchev–Trinajstić information content (AvgIpc) is 2.03. The van der Waals surface area contributed by atoms with Crippen LogP contribution >= 0.6 is 0 Å². The largest absolute Gasteiger partial charge is 0.370 e. The van der Waals surface area contributed by atoms with E-state index in [1.807, 2.05) is 4.90 Å². The van der Waals surface area contributed by atoms with Crippen LogP contribution in [0.2, 0.25) is 0 Å². The number of nitrogens with zero attached hydrogens (tertiary/aromatic N) is 1. The summed E-state index contributed by atoms with van der Waals surface area (Å²) in [6.45, 7) is 6.19. The fraction of sp³-hybridized carbons (Fsp3) is 0.700. The van der Waals surface area contributed by atoms with Crippen LogP contribution in [0.3, 0.4) is 0 Å². The Morgan fingerprint density at radius 1 is 1.69 bits per heavy atom. The molecule has 3 N–H and O–H groups in total. The summed E-state index contributed by atoms with van der Waals surface area (Å²) in [4.78, 5) is 1.93. The molecule has 3 nitrogen and oxygen atoms in total. The van der Waals surface area contributed by atoms with Crippen molar-refractivity contribution in [2.75, 3.05) is 13.1 Å². The summed E-state index contributed by atoms with van der Waals surface area (Å²) in [6, 6.07) is 0. The number of nitrogens with two attached hydrogens (primary N) is 1. The molecule has 0 aromatic heterocycles. The Morgan fingerprint density at radius 2 is 2.38 bits per heavy atom.